The monoisotopic (exact) mass is 306 g/mol. The van der Waals surface area contributed by atoms with E-state index in [9.17, 15) is 4.79 Å². The van der Waals surface area contributed by atoms with E-state index >= 15 is 0 Å². The Morgan fingerprint density at radius 3 is 2.05 bits per heavy atom. The molecule has 0 unspecified atom stereocenters. The minimum absolute atomic E-state index is 0. The van der Waals surface area contributed by atoms with Gasteiger partial charge in [-0.1, -0.05) is 0 Å². The van der Waals surface area contributed by atoms with Crippen LogP contribution in [-0.2, 0) is 21.9 Å². The van der Waals surface area contributed by atoms with Gasteiger partial charge in [-0.25, -0.2) is 0 Å². The average molecular weight is 306 g/mol. The zero-order valence-corrected chi connectivity index (χ0v) is 11.9. The standard InChI is InChI=1S/C12H9O2.C5H5.Fe/c13-12(10-4-1-2-5-10)8-7-11-6-3-9-14-11;1-2-4-5-3-1;/h1-9H;1-5H;/b8-7+;;. The van der Waals surface area contributed by atoms with Gasteiger partial charge in [0.15, 0.2) is 5.78 Å². The van der Waals surface area contributed by atoms with Gasteiger partial charge in [0.05, 0.1) is 12.2 Å². The summed E-state index contributed by atoms with van der Waals surface area (Å²) < 4.78 is 5.06. The second kappa shape index (κ2) is 10.0. The zero-order chi connectivity index (χ0) is 13.3. The number of hydrogen-bond acceptors (Lipinski definition) is 2. The Bertz CT molecular complexity index is 378. The van der Waals surface area contributed by atoms with Crippen LogP contribution in [0.5, 0.6) is 0 Å². The van der Waals surface area contributed by atoms with Gasteiger partial charge in [0.2, 0.25) is 0 Å². The van der Waals surface area contributed by atoms with Crippen molar-refractivity contribution in [1.82, 2.24) is 0 Å². The number of carbonyl (C=O) groups is 1. The summed E-state index contributed by atoms with van der Waals surface area (Å²) in [6, 6.07) is 3.58. The molecule has 1 aromatic heterocycles. The van der Waals surface area contributed by atoms with Crippen LogP contribution in [0.4, 0.5) is 0 Å². The van der Waals surface area contributed by atoms with Gasteiger partial charge in [-0.3, -0.25) is 4.79 Å². The number of carbonyl (C=O) groups excluding carboxylic acids is 1. The predicted molar refractivity (Wildman–Crippen MR) is 74.7 cm³/mol. The fraction of sp³-hybridized carbons (Fsp3) is 0. The fourth-order valence-corrected chi connectivity index (χ4v) is 1.50. The summed E-state index contributed by atoms with van der Waals surface area (Å²) in [5, 5.41) is 0. The number of ketones is 1. The van der Waals surface area contributed by atoms with E-state index < -0.39 is 0 Å². The summed E-state index contributed by atoms with van der Waals surface area (Å²) in [4.78, 5) is 11.5. The van der Waals surface area contributed by atoms with Crippen molar-refractivity contribution in [3.8, 4) is 0 Å². The van der Waals surface area contributed by atoms with Crippen LogP contribution in [0.25, 0.3) is 6.08 Å². The van der Waals surface area contributed by atoms with Gasteiger partial charge in [0, 0.05) is 17.1 Å². The molecule has 20 heavy (non-hydrogen) atoms. The molecule has 2 aliphatic carbocycles. The Hall–Kier alpha value is -0.791. The fourth-order valence-electron chi connectivity index (χ4n) is 1.50. The zero-order valence-electron chi connectivity index (χ0n) is 10.8. The van der Waals surface area contributed by atoms with Crippen molar-refractivity contribution in [1.29, 1.82) is 0 Å². The first-order valence-corrected chi connectivity index (χ1v) is 6.00. The van der Waals surface area contributed by atoms with Crippen LogP contribution >= 0.6 is 0 Å². The third-order valence-electron chi connectivity index (χ3n) is 2.44. The molecule has 1 heterocycles. The molecular weight excluding hydrogens is 292 g/mol. The second-order valence-corrected chi connectivity index (χ2v) is 3.85. The number of hydrogen-bond donors (Lipinski definition) is 0. The first-order chi connectivity index (χ1) is 9.36. The van der Waals surface area contributed by atoms with Crippen LogP contribution in [0.1, 0.15) is 5.76 Å². The minimum atomic E-state index is -0.00796. The molecule has 2 nitrogen and oxygen atoms in total. The molecule has 10 radical (unpaired) electrons. The van der Waals surface area contributed by atoms with E-state index in [1.807, 2.05) is 44.9 Å². The van der Waals surface area contributed by atoms with Crippen molar-refractivity contribution in [3.05, 3.63) is 93.9 Å². The molecule has 2 saturated carbocycles. The maximum absolute atomic E-state index is 11.5. The molecule has 0 atom stereocenters. The summed E-state index contributed by atoms with van der Waals surface area (Å²) in [5.41, 5.74) is 0. The largest absolute Gasteiger partial charge is 0.465 e. The molecule has 2 aliphatic rings. The minimum Gasteiger partial charge on any atom is -0.465 e. The van der Waals surface area contributed by atoms with Crippen molar-refractivity contribution >= 4 is 11.9 Å². The summed E-state index contributed by atoms with van der Waals surface area (Å²) in [7, 11) is 0. The first-order valence-electron chi connectivity index (χ1n) is 6.00. The number of rotatable bonds is 3. The Kier molecular flexibility index (Phi) is 8.64. The van der Waals surface area contributed by atoms with Gasteiger partial charge in [-0.2, -0.15) is 0 Å². The van der Waals surface area contributed by atoms with E-state index in [-0.39, 0.29) is 22.9 Å². The molecule has 3 rings (SSSR count). The molecule has 3 heteroatoms. The van der Waals surface area contributed by atoms with Crippen LogP contribution in [0, 0.1) is 63.7 Å². The quantitative estimate of drug-likeness (QED) is 0.633. The molecule has 0 saturated heterocycles. The average Bonchev–Trinajstić information content (AvgIpc) is 3.21. The molecular formula is C17H14FeO2. The normalized spacial score (nSPS) is 18.6. The Balaban J connectivity index is 0.000000283. The van der Waals surface area contributed by atoms with Crippen molar-refractivity contribution < 1.29 is 26.3 Å². The number of allylic oxidation sites excluding steroid dienone is 1. The van der Waals surface area contributed by atoms with Crippen LogP contribution in [0.3, 0.4) is 0 Å². The summed E-state index contributed by atoms with van der Waals surface area (Å²) >= 11 is 0. The second-order valence-electron chi connectivity index (χ2n) is 3.85. The van der Waals surface area contributed by atoms with E-state index in [1.54, 1.807) is 37.3 Å². The van der Waals surface area contributed by atoms with Crippen molar-refractivity contribution in [2.24, 2.45) is 0 Å². The summed E-state index contributed by atoms with van der Waals surface area (Å²) in [6.07, 6.45) is 22.0. The molecule has 0 bridgehead atoms. The molecule has 0 aromatic carbocycles. The van der Waals surface area contributed by atoms with Crippen molar-refractivity contribution in [2.75, 3.05) is 0 Å². The predicted octanol–water partition coefficient (Wildman–Crippen LogP) is 3.29. The molecule has 0 N–H and O–H groups in total. The molecule has 1 aromatic rings. The van der Waals surface area contributed by atoms with Gasteiger partial charge in [0.25, 0.3) is 0 Å². The maximum Gasteiger partial charge on any atom is 0.163 e. The van der Waals surface area contributed by atoms with Crippen molar-refractivity contribution in [3.63, 3.8) is 0 Å². The molecule has 0 spiro atoms. The molecule has 0 amide bonds. The first kappa shape index (κ1) is 17.3. The van der Waals surface area contributed by atoms with E-state index in [1.165, 1.54) is 6.08 Å². The molecule has 0 aliphatic heterocycles. The Morgan fingerprint density at radius 2 is 1.55 bits per heavy atom. The topological polar surface area (TPSA) is 30.2 Å². The summed E-state index contributed by atoms with van der Waals surface area (Å²) in [6.45, 7) is 0. The van der Waals surface area contributed by atoms with Crippen LogP contribution in [-0.4, -0.2) is 5.78 Å². The third-order valence-corrected chi connectivity index (χ3v) is 2.44. The number of furan rings is 1. The molecule has 102 valence electrons. The summed E-state index contributed by atoms with van der Waals surface area (Å²) in [5.74, 6) is 1.38. The van der Waals surface area contributed by atoms with E-state index in [4.69, 9.17) is 4.42 Å². The van der Waals surface area contributed by atoms with Crippen LogP contribution in [0.15, 0.2) is 28.9 Å². The van der Waals surface area contributed by atoms with Gasteiger partial charge in [-0.15, -0.1) is 0 Å². The Labute approximate surface area is 132 Å². The van der Waals surface area contributed by atoms with E-state index in [0.717, 1.165) is 0 Å². The van der Waals surface area contributed by atoms with Gasteiger partial charge < -0.3 is 4.42 Å². The maximum atomic E-state index is 11.5. The SMILES string of the molecule is O=C(/C=C/c1ccco1)[C]1[CH][CH][CH][CH]1.[CH]1[CH][CH][CH][CH]1.[Fe]. The van der Waals surface area contributed by atoms with E-state index in [2.05, 4.69) is 0 Å². The Morgan fingerprint density at radius 1 is 0.950 bits per heavy atom. The van der Waals surface area contributed by atoms with Crippen LogP contribution in [0.2, 0.25) is 0 Å². The van der Waals surface area contributed by atoms with E-state index in [0.29, 0.717) is 11.7 Å². The van der Waals surface area contributed by atoms with Gasteiger partial charge >= 0.3 is 0 Å². The van der Waals surface area contributed by atoms with Crippen molar-refractivity contribution in [2.45, 2.75) is 0 Å². The van der Waals surface area contributed by atoms with Gasteiger partial charge in [0.1, 0.15) is 5.76 Å². The van der Waals surface area contributed by atoms with Gasteiger partial charge in [-0.05, 0) is 82.1 Å². The third kappa shape index (κ3) is 6.11. The van der Waals surface area contributed by atoms with Crippen LogP contribution < -0.4 is 0 Å². The molecule has 2 fully saturated rings. The smallest absolute Gasteiger partial charge is 0.163 e.